The lowest BCUT2D eigenvalue weighted by molar-refractivity contribution is 0.159. The van der Waals surface area contributed by atoms with E-state index in [4.69, 9.17) is 9.84 Å². The Hall–Kier alpha value is -4.15. The fourth-order valence-electron chi connectivity index (χ4n) is 5.05. The Morgan fingerprint density at radius 3 is 2.67 bits per heavy atom. The number of rotatable bonds is 8. The zero-order chi connectivity index (χ0) is 27.4. The summed E-state index contributed by atoms with van der Waals surface area (Å²) < 4.78 is 21.0. The summed E-state index contributed by atoms with van der Waals surface area (Å²) in [5.41, 5.74) is 3.77. The van der Waals surface area contributed by atoms with E-state index in [1.54, 1.807) is 36.2 Å². The molecule has 202 valence electrons. The molecule has 10 heteroatoms. The summed E-state index contributed by atoms with van der Waals surface area (Å²) in [7, 11) is 1.67. The van der Waals surface area contributed by atoms with Gasteiger partial charge in [-0.05, 0) is 49.7 Å². The van der Waals surface area contributed by atoms with Crippen LogP contribution in [0.5, 0.6) is 0 Å². The van der Waals surface area contributed by atoms with Gasteiger partial charge in [-0.2, -0.15) is 5.10 Å². The predicted octanol–water partition coefficient (Wildman–Crippen LogP) is 4.32. The van der Waals surface area contributed by atoms with Crippen LogP contribution in [0, 0.1) is 19.7 Å². The van der Waals surface area contributed by atoms with Crippen molar-refractivity contribution in [2.24, 2.45) is 0 Å². The number of para-hydroxylation sites is 1. The van der Waals surface area contributed by atoms with Gasteiger partial charge in [-0.15, -0.1) is 0 Å². The fraction of sp³-hybridized carbons (Fsp3) is 0.310. The fourth-order valence-corrected chi connectivity index (χ4v) is 5.05. The third kappa shape index (κ3) is 5.97. The maximum Gasteiger partial charge on any atom is 0.320 e. The Kier molecular flexibility index (Phi) is 7.94. The smallest absolute Gasteiger partial charge is 0.320 e. The first kappa shape index (κ1) is 26.5. The first-order chi connectivity index (χ1) is 18.9. The zero-order valence-corrected chi connectivity index (χ0v) is 22.3. The number of nitrogens with zero attached hydrogens (tertiary/aromatic N) is 5. The number of aryl methyl sites for hydroxylation is 1. The van der Waals surface area contributed by atoms with Crippen molar-refractivity contribution in [1.82, 2.24) is 30.0 Å². The van der Waals surface area contributed by atoms with Crippen molar-refractivity contribution in [3.05, 3.63) is 89.6 Å². The quantitative estimate of drug-likeness (QED) is 0.353. The lowest BCUT2D eigenvalue weighted by Gasteiger charge is -2.21. The normalized spacial score (nSPS) is 17.3. The van der Waals surface area contributed by atoms with Gasteiger partial charge >= 0.3 is 6.03 Å². The van der Waals surface area contributed by atoms with Crippen molar-refractivity contribution in [3.63, 3.8) is 0 Å². The molecule has 9 nitrogen and oxygen atoms in total. The molecule has 3 heterocycles. The number of amides is 2. The number of hydrogen-bond donors (Lipinski definition) is 2. The predicted molar refractivity (Wildman–Crippen MR) is 147 cm³/mol. The summed E-state index contributed by atoms with van der Waals surface area (Å²) in [6.07, 6.45) is 1.69. The van der Waals surface area contributed by atoms with Crippen molar-refractivity contribution in [2.45, 2.75) is 25.8 Å². The highest BCUT2D eigenvalue weighted by molar-refractivity contribution is 5.91. The topological polar surface area (TPSA) is 97.2 Å². The lowest BCUT2D eigenvalue weighted by atomic mass is 9.94. The van der Waals surface area contributed by atoms with E-state index < -0.39 is 0 Å². The Labute approximate surface area is 227 Å². The third-order valence-corrected chi connectivity index (χ3v) is 6.97. The summed E-state index contributed by atoms with van der Waals surface area (Å²) in [5.74, 6) is 0.821. The van der Waals surface area contributed by atoms with Gasteiger partial charge in [0.05, 0.1) is 24.0 Å². The molecule has 2 amide bonds. The lowest BCUT2D eigenvalue weighted by Crippen LogP contribution is -2.42. The summed E-state index contributed by atoms with van der Waals surface area (Å²) in [6, 6.07) is 17.4. The highest BCUT2D eigenvalue weighted by Gasteiger charge is 2.35. The maximum absolute atomic E-state index is 14.1. The van der Waals surface area contributed by atoms with Gasteiger partial charge in [-0.1, -0.05) is 30.3 Å². The first-order valence-electron chi connectivity index (χ1n) is 12.9. The van der Waals surface area contributed by atoms with Gasteiger partial charge < -0.3 is 10.1 Å². The summed E-state index contributed by atoms with van der Waals surface area (Å²) >= 11 is 0. The van der Waals surface area contributed by atoms with E-state index in [-0.39, 0.29) is 23.8 Å². The monoisotopic (exact) mass is 529 g/mol. The van der Waals surface area contributed by atoms with Crippen molar-refractivity contribution < 1.29 is 13.9 Å². The minimum absolute atomic E-state index is 0.0667. The number of halogens is 1. The van der Waals surface area contributed by atoms with Crippen LogP contribution in [0.25, 0.3) is 17.1 Å². The van der Waals surface area contributed by atoms with E-state index in [1.165, 1.54) is 6.07 Å². The van der Waals surface area contributed by atoms with E-state index in [0.29, 0.717) is 42.7 Å². The van der Waals surface area contributed by atoms with Gasteiger partial charge in [0, 0.05) is 44.4 Å². The van der Waals surface area contributed by atoms with E-state index >= 15 is 0 Å². The second-order valence-electron chi connectivity index (χ2n) is 9.68. The number of carbonyl (C=O) groups excluding carboxylic acids is 1. The van der Waals surface area contributed by atoms with Gasteiger partial charge in [0.25, 0.3) is 0 Å². The molecule has 0 unspecified atom stereocenters. The number of methoxy groups -OCH3 is 1. The molecule has 4 aromatic rings. The highest BCUT2D eigenvalue weighted by Crippen LogP contribution is 2.31. The van der Waals surface area contributed by atoms with Crippen molar-refractivity contribution in [3.8, 4) is 17.1 Å². The van der Waals surface area contributed by atoms with Gasteiger partial charge in [-0.3, -0.25) is 10.2 Å². The molecule has 1 saturated heterocycles. The Balaban J connectivity index is 1.43. The molecule has 0 bridgehead atoms. The SMILES string of the molecule is COCCN1C[C@@H](NC(=O)Nc2c(C)c(-c3ccnc(C)n3)nn2-c2ccccc2)[C@H](c2cccc(F)c2)C1. The first-order valence-corrected chi connectivity index (χ1v) is 12.9. The number of likely N-dealkylation sites (tertiary alicyclic amines) is 1. The molecule has 2 atom stereocenters. The van der Waals surface area contributed by atoms with Gasteiger partial charge in [0.15, 0.2) is 0 Å². The van der Waals surface area contributed by atoms with Gasteiger partial charge in [0.1, 0.15) is 23.2 Å². The average Bonchev–Trinajstić information content (AvgIpc) is 3.48. The summed E-state index contributed by atoms with van der Waals surface area (Å²) in [6.45, 7) is 6.36. The molecule has 0 spiro atoms. The molecule has 1 aliphatic heterocycles. The maximum atomic E-state index is 14.1. The molecule has 0 radical (unpaired) electrons. The molecule has 5 rings (SSSR count). The Morgan fingerprint density at radius 2 is 1.92 bits per heavy atom. The molecule has 1 aliphatic rings. The van der Waals surface area contributed by atoms with Crippen LogP contribution >= 0.6 is 0 Å². The highest BCUT2D eigenvalue weighted by atomic mass is 19.1. The van der Waals surface area contributed by atoms with E-state index in [0.717, 1.165) is 23.4 Å². The number of urea groups is 1. The molecule has 2 aromatic carbocycles. The molecule has 39 heavy (non-hydrogen) atoms. The average molecular weight is 530 g/mol. The number of nitrogens with one attached hydrogen (secondary N) is 2. The van der Waals surface area contributed by atoms with Gasteiger partial charge in [0.2, 0.25) is 0 Å². The van der Waals surface area contributed by atoms with Crippen molar-refractivity contribution in [2.75, 3.05) is 38.7 Å². The third-order valence-electron chi connectivity index (χ3n) is 6.97. The zero-order valence-electron chi connectivity index (χ0n) is 22.3. The molecular formula is C29H32FN7O2. The van der Waals surface area contributed by atoms with Crippen LogP contribution in [0.15, 0.2) is 66.9 Å². The van der Waals surface area contributed by atoms with Crippen molar-refractivity contribution >= 4 is 11.8 Å². The van der Waals surface area contributed by atoms with Crippen LogP contribution in [0.2, 0.25) is 0 Å². The second kappa shape index (κ2) is 11.7. The van der Waals surface area contributed by atoms with E-state index in [2.05, 4.69) is 25.5 Å². The minimum atomic E-state index is -0.361. The number of hydrogen-bond acceptors (Lipinski definition) is 6. The van der Waals surface area contributed by atoms with E-state index in [9.17, 15) is 9.18 Å². The summed E-state index contributed by atoms with van der Waals surface area (Å²) in [4.78, 5) is 24.4. The van der Waals surface area contributed by atoms with Crippen molar-refractivity contribution in [1.29, 1.82) is 0 Å². The molecule has 0 saturated carbocycles. The van der Waals surface area contributed by atoms with Gasteiger partial charge in [-0.25, -0.2) is 23.8 Å². The standard InChI is InChI=1S/C29H32FN7O2/c1-19-27(25-12-13-31-20(2)32-25)35-37(23-10-5-4-6-11-23)28(19)34-29(38)33-26-18-36(14-15-39-3)17-24(26)21-8-7-9-22(30)16-21/h4-13,16,24,26H,14-15,17-18H2,1-3H3,(H2,33,34,38)/t24-,26+/m0/s1. The van der Waals surface area contributed by atoms with Crippen LogP contribution in [0.4, 0.5) is 15.0 Å². The summed E-state index contributed by atoms with van der Waals surface area (Å²) in [5, 5.41) is 11.0. The Bertz CT molecular complexity index is 1440. The van der Waals surface area contributed by atoms with Crippen LogP contribution in [0.1, 0.15) is 22.9 Å². The largest absolute Gasteiger partial charge is 0.383 e. The number of benzene rings is 2. The molecule has 2 N–H and O–H groups in total. The van der Waals surface area contributed by atoms with E-state index in [1.807, 2.05) is 50.2 Å². The van der Waals surface area contributed by atoms with Crippen LogP contribution in [0.3, 0.4) is 0 Å². The number of carbonyl (C=O) groups is 1. The van der Waals surface area contributed by atoms with Crippen LogP contribution < -0.4 is 10.6 Å². The number of aromatic nitrogens is 4. The van der Waals surface area contributed by atoms with Crippen LogP contribution in [-0.4, -0.2) is 70.1 Å². The molecule has 2 aromatic heterocycles. The second-order valence-corrected chi connectivity index (χ2v) is 9.68. The number of anilines is 1. The van der Waals surface area contributed by atoms with Crippen LogP contribution in [-0.2, 0) is 4.74 Å². The molecular weight excluding hydrogens is 497 g/mol. The Morgan fingerprint density at radius 1 is 1.10 bits per heavy atom. The molecule has 1 fully saturated rings. The minimum Gasteiger partial charge on any atom is -0.383 e. The number of ether oxygens (including phenoxy) is 1. The molecule has 0 aliphatic carbocycles.